The van der Waals surface area contributed by atoms with Gasteiger partial charge in [-0.05, 0) is 12.8 Å². The topological polar surface area (TPSA) is 102 Å². The Balaban J connectivity index is 1.91. The third-order valence-corrected chi connectivity index (χ3v) is 3.68. The first kappa shape index (κ1) is 14.3. The number of hydrogen-bond acceptors (Lipinski definition) is 4. The molecule has 20 heavy (non-hydrogen) atoms. The van der Waals surface area contributed by atoms with E-state index < -0.39 is 0 Å². The molecular formula is C12H19N5O3. The number of carbonyl (C=O) groups is 2. The van der Waals surface area contributed by atoms with Crippen molar-refractivity contribution in [2.24, 2.45) is 18.8 Å². The summed E-state index contributed by atoms with van der Waals surface area (Å²) in [6.45, 7) is 1.06. The molecule has 1 aliphatic rings. The van der Waals surface area contributed by atoms with Gasteiger partial charge in [-0.2, -0.15) is 0 Å². The van der Waals surface area contributed by atoms with Crippen LogP contribution in [0, 0.1) is 5.92 Å². The molecule has 0 radical (unpaired) electrons. The fraction of sp³-hybridized carbons (Fsp3) is 0.583. The van der Waals surface area contributed by atoms with Crippen LogP contribution in [0.2, 0.25) is 0 Å². The predicted molar refractivity (Wildman–Crippen MR) is 71.3 cm³/mol. The smallest absolute Gasteiger partial charge is 0.328 e. The van der Waals surface area contributed by atoms with Gasteiger partial charge in [-0.3, -0.25) is 19.6 Å². The lowest BCUT2D eigenvalue weighted by atomic mass is 9.96. The van der Waals surface area contributed by atoms with Crippen LogP contribution < -0.4 is 17.0 Å². The first-order valence-corrected chi connectivity index (χ1v) is 6.53. The normalized spacial score (nSPS) is 16.2. The zero-order valence-corrected chi connectivity index (χ0v) is 11.4. The van der Waals surface area contributed by atoms with Crippen molar-refractivity contribution in [3.8, 4) is 0 Å². The molecule has 0 aliphatic carbocycles. The number of piperidine rings is 1. The predicted octanol–water partition coefficient (Wildman–Crippen LogP) is -1.58. The van der Waals surface area contributed by atoms with Gasteiger partial charge in [0.2, 0.25) is 11.8 Å². The maximum Gasteiger partial charge on any atom is 0.328 e. The lowest BCUT2D eigenvalue weighted by Crippen LogP contribution is -2.45. The number of likely N-dealkylation sites (tertiary alicyclic amines) is 1. The largest absolute Gasteiger partial charge is 0.341 e. The molecule has 2 rings (SSSR count). The van der Waals surface area contributed by atoms with E-state index in [1.54, 1.807) is 24.3 Å². The van der Waals surface area contributed by atoms with E-state index in [4.69, 9.17) is 5.84 Å². The highest BCUT2D eigenvalue weighted by Gasteiger charge is 2.27. The van der Waals surface area contributed by atoms with Crippen LogP contribution in [0.4, 0.5) is 0 Å². The Morgan fingerprint density at radius 1 is 1.35 bits per heavy atom. The summed E-state index contributed by atoms with van der Waals surface area (Å²) >= 11 is 0. The second-order valence-corrected chi connectivity index (χ2v) is 4.98. The molecule has 0 bridgehead atoms. The van der Waals surface area contributed by atoms with Crippen molar-refractivity contribution in [1.82, 2.24) is 19.5 Å². The first-order chi connectivity index (χ1) is 9.52. The van der Waals surface area contributed by atoms with E-state index in [2.05, 4.69) is 5.43 Å². The molecule has 0 aromatic carbocycles. The zero-order valence-electron chi connectivity index (χ0n) is 11.4. The average molecular weight is 281 g/mol. The van der Waals surface area contributed by atoms with Crippen LogP contribution in [0.3, 0.4) is 0 Å². The maximum absolute atomic E-state index is 12.1. The highest BCUT2D eigenvalue weighted by Crippen LogP contribution is 2.17. The molecule has 1 aromatic heterocycles. The average Bonchev–Trinajstić information content (AvgIpc) is 2.78. The van der Waals surface area contributed by atoms with Crippen molar-refractivity contribution in [1.29, 1.82) is 0 Å². The quantitative estimate of drug-likeness (QED) is 0.396. The molecule has 0 saturated carbocycles. The van der Waals surface area contributed by atoms with E-state index in [0.717, 1.165) is 0 Å². The van der Waals surface area contributed by atoms with Gasteiger partial charge >= 0.3 is 5.69 Å². The van der Waals surface area contributed by atoms with Crippen molar-refractivity contribution in [2.45, 2.75) is 19.4 Å². The summed E-state index contributed by atoms with van der Waals surface area (Å²) in [7, 11) is 1.64. The minimum Gasteiger partial charge on any atom is -0.341 e. The van der Waals surface area contributed by atoms with Crippen LogP contribution in [0.1, 0.15) is 12.8 Å². The number of hydrazine groups is 1. The summed E-state index contributed by atoms with van der Waals surface area (Å²) in [5.41, 5.74) is 1.93. The molecule has 0 unspecified atom stereocenters. The summed E-state index contributed by atoms with van der Waals surface area (Å²) in [5.74, 6) is 4.67. The molecule has 1 aromatic rings. The van der Waals surface area contributed by atoms with E-state index in [1.807, 2.05) is 0 Å². The van der Waals surface area contributed by atoms with E-state index in [9.17, 15) is 14.4 Å². The third kappa shape index (κ3) is 2.90. The number of nitrogens with zero attached hydrogens (tertiary/aromatic N) is 3. The molecule has 1 saturated heterocycles. The van der Waals surface area contributed by atoms with Crippen molar-refractivity contribution >= 4 is 11.8 Å². The number of hydrogen-bond donors (Lipinski definition) is 2. The molecule has 0 atom stereocenters. The van der Waals surface area contributed by atoms with Crippen LogP contribution in [0.5, 0.6) is 0 Å². The number of amides is 2. The van der Waals surface area contributed by atoms with Crippen molar-refractivity contribution in [2.75, 3.05) is 13.1 Å². The lowest BCUT2D eigenvalue weighted by Gasteiger charge is -2.31. The van der Waals surface area contributed by atoms with Gasteiger partial charge in [0.15, 0.2) is 0 Å². The number of nitrogens with two attached hydrogens (primary N) is 1. The summed E-state index contributed by atoms with van der Waals surface area (Å²) in [5, 5.41) is 0. The molecule has 1 fully saturated rings. The van der Waals surface area contributed by atoms with Gasteiger partial charge in [-0.1, -0.05) is 0 Å². The number of rotatable bonds is 3. The maximum atomic E-state index is 12.1. The molecule has 2 heterocycles. The van der Waals surface area contributed by atoms with E-state index >= 15 is 0 Å². The third-order valence-electron chi connectivity index (χ3n) is 3.68. The summed E-state index contributed by atoms with van der Waals surface area (Å²) in [6.07, 6.45) is 4.40. The summed E-state index contributed by atoms with van der Waals surface area (Å²) in [6, 6.07) is 0. The molecule has 1 aliphatic heterocycles. The molecular weight excluding hydrogens is 262 g/mol. The van der Waals surface area contributed by atoms with E-state index in [1.165, 1.54) is 9.13 Å². The van der Waals surface area contributed by atoms with Gasteiger partial charge in [0, 0.05) is 38.4 Å². The summed E-state index contributed by atoms with van der Waals surface area (Å²) in [4.78, 5) is 36.8. The van der Waals surface area contributed by atoms with Gasteiger partial charge in [-0.25, -0.2) is 10.6 Å². The Kier molecular flexibility index (Phi) is 4.23. The molecule has 2 amide bonds. The van der Waals surface area contributed by atoms with Gasteiger partial charge in [0.25, 0.3) is 0 Å². The highest BCUT2D eigenvalue weighted by molar-refractivity contribution is 5.79. The van der Waals surface area contributed by atoms with Crippen molar-refractivity contribution in [3.05, 3.63) is 22.9 Å². The van der Waals surface area contributed by atoms with Crippen LogP contribution >= 0.6 is 0 Å². The zero-order chi connectivity index (χ0) is 14.7. The number of aryl methyl sites for hydroxylation is 1. The number of nitrogens with one attached hydrogen (secondary N) is 1. The van der Waals surface area contributed by atoms with Crippen LogP contribution in [-0.2, 0) is 23.2 Å². The fourth-order valence-electron chi connectivity index (χ4n) is 2.39. The lowest BCUT2D eigenvalue weighted by molar-refractivity contribution is -0.136. The standard InChI is InChI=1S/C12H19N5O3/c1-15-6-7-17(12(15)20)8-10(18)16-4-2-9(3-5-16)11(19)14-13/h6-7,9H,2-5,8,13H2,1H3,(H,14,19). The molecule has 8 heteroatoms. The monoisotopic (exact) mass is 281 g/mol. The van der Waals surface area contributed by atoms with Gasteiger partial charge in [0.05, 0.1) is 0 Å². The Labute approximate surface area is 116 Å². The number of carbonyl (C=O) groups excluding carboxylic acids is 2. The molecule has 110 valence electrons. The number of aromatic nitrogens is 2. The summed E-state index contributed by atoms with van der Waals surface area (Å²) < 4.78 is 2.80. The Morgan fingerprint density at radius 2 is 2.00 bits per heavy atom. The van der Waals surface area contributed by atoms with Crippen LogP contribution in [0.15, 0.2) is 17.2 Å². The minimum absolute atomic E-state index is 0.0351. The molecule has 0 spiro atoms. The Morgan fingerprint density at radius 3 is 2.50 bits per heavy atom. The van der Waals surface area contributed by atoms with Crippen molar-refractivity contribution in [3.63, 3.8) is 0 Å². The van der Waals surface area contributed by atoms with Crippen LogP contribution in [0.25, 0.3) is 0 Å². The Bertz CT molecular complexity index is 554. The fourth-order valence-corrected chi connectivity index (χ4v) is 2.39. The molecule has 3 N–H and O–H groups in total. The second kappa shape index (κ2) is 5.91. The SMILES string of the molecule is Cn1ccn(CC(=O)N2CCC(C(=O)NN)CC2)c1=O. The molecule has 8 nitrogen and oxygen atoms in total. The second-order valence-electron chi connectivity index (χ2n) is 4.98. The highest BCUT2D eigenvalue weighted by atomic mass is 16.2. The van der Waals surface area contributed by atoms with Gasteiger partial charge in [-0.15, -0.1) is 0 Å². The van der Waals surface area contributed by atoms with Gasteiger partial charge < -0.3 is 9.47 Å². The number of imidazole rings is 1. The Hall–Kier alpha value is -2.09. The van der Waals surface area contributed by atoms with Crippen LogP contribution in [-0.4, -0.2) is 38.9 Å². The van der Waals surface area contributed by atoms with Crippen molar-refractivity contribution < 1.29 is 9.59 Å². The van der Waals surface area contributed by atoms with E-state index in [0.29, 0.717) is 25.9 Å². The van der Waals surface area contributed by atoms with Gasteiger partial charge in [0.1, 0.15) is 6.54 Å². The minimum atomic E-state index is -0.212. The van der Waals surface area contributed by atoms with E-state index in [-0.39, 0.29) is 30.0 Å². The first-order valence-electron chi connectivity index (χ1n) is 6.53.